The third kappa shape index (κ3) is 3.55. The molecule has 0 radical (unpaired) electrons. The molecular weight excluding hydrogens is 464 g/mol. The molecular formula is C25H22N6O5. The molecule has 1 aromatic heterocycles. The van der Waals surface area contributed by atoms with Gasteiger partial charge in [-0.2, -0.15) is 0 Å². The SMILES string of the molecule is O=C1CCC(N2Cc3cc(-n4cc(C(=O)N5CC(O)(c6ccccc6)C5)nn4)ccc3C2=O)C(=O)N1. The first-order valence-corrected chi connectivity index (χ1v) is 11.6. The van der Waals surface area contributed by atoms with Gasteiger partial charge < -0.3 is 14.9 Å². The summed E-state index contributed by atoms with van der Waals surface area (Å²) in [5.41, 5.74) is 1.65. The predicted octanol–water partition coefficient (Wildman–Crippen LogP) is 0.372. The lowest BCUT2D eigenvalue weighted by atomic mass is 9.86. The molecule has 0 aliphatic carbocycles. The third-order valence-electron chi connectivity index (χ3n) is 6.99. The largest absolute Gasteiger partial charge is 0.381 e. The van der Waals surface area contributed by atoms with E-state index < -0.39 is 17.6 Å². The summed E-state index contributed by atoms with van der Waals surface area (Å²) in [6.07, 6.45) is 2.00. The Morgan fingerprint density at radius 2 is 1.86 bits per heavy atom. The van der Waals surface area contributed by atoms with Gasteiger partial charge in [0, 0.05) is 18.5 Å². The van der Waals surface area contributed by atoms with Crippen LogP contribution in [0.4, 0.5) is 0 Å². The van der Waals surface area contributed by atoms with Crippen LogP contribution in [0.25, 0.3) is 5.69 Å². The van der Waals surface area contributed by atoms with Crippen LogP contribution >= 0.6 is 0 Å². The minimum Gasteiger partial charge on any atom is -0.381 e. The molecule has 0 saturated carbocycles. The number of hydrogen-bond acceptors (Lipinski definition) is 7. The van der Waals surface area contributed by atoms with E-state index in [0.29, 0.717) is 17.7 Å². The fraction of sp³-hybridized carbons (Fsp3) is 0.280. The summed E-state index contributed by atoms with van der Waals surface area (Å²) in [5, 5.41) is 21.2. The highest BCUT2D eigenvalue weighted by Gasteiger charge is 2.45. The Hall–Kier alpha value is -4.38. The van der Waals surface area contributed by atoms with Crippen molar-refractivity contribution in [1.29, 1.82) is 0 Å². The van der Waals surface area contributed by atoms with Crippen molar-refractivity contribution in [3.05, 3.63) is 77.1 Å². The summed E-state index contributed by atoms with van der Waals surface area (Å²) >= 11 is 0. The van der Waals surface area contributed by atoms with E-state index in [1.54, 1.807) is 18.2 Å². The van der Waals surface area contributed by atoms with Gasteiger partial charge in [-0.15, -0.1) is 5.10 Å². The maximum absolute atomic E-state index is 12.9. The van der Waals surface area contributed by atoms with Crippen LogP contribution in [0.5, 0.6) is 0 Å². The Kier molecular flexibility index (Phi) is 4.97. The molecule has 2 N–H and O–H groups in total. The van der Waals surface area contributed by atoms with Crippen molar-refractivity contribution in [2.75, 3.05) is 13.1 Å². The number of fused-ring (bicyclic) bond motifs is 1. The van der Waals surface area contributed by atoms with Gasteiger partial charge >= 0.3 is 0 Å². The number of rotatable bonds is 4. The normalized spacial score (nSPS) is 20.7. The lowest BCUT2D eigenvalue weighted by Gasteiger charge is -2.46. The molecule has 11 nitrogen and oxygen atoms in total. The van der Waals surface area contributed by atoms with E-state index >= 15 is 0 Å². The van der Waals surface area contributed by atoms with E-state index in [2.05, 4.69) is 15.6 Å². The van der Waals surface area contributed by atoms with Crippen LogP contribution in [0, 0.1) is 0 Å². The number of benzene rings is 2. The molecule has 2 saturated heterocycles. The van der Waals surface area contributed by atoms with Crippen molar-refractivity contribution in [1.82, 2.24) is 30.1 Å². The Labute approximate surface area is 205 Å². The third-order valence-corrected chi connectivity index (χ3v) is 6.99. The van der Waals surface area contributed by atoms with Gasteiger partial charge in [-0.1, -0.05) is 35.5 Å². The summed E-state index contributed by atoms with van der Waals surface area (Å²) in [6, 6.07) is 13.7. The van der Waals surface area contributed by atoms with Crippen LogP contribution in [0.1, 0.15) is 44.8 Å². The zero-order valence-corrected chi connectivity index (χ0v) is 19.1. The number of imide groups is 1. The Morgan fingerprint density at radius 3 is 2.61 bits per heavy atom. The van der Waals surface area contributed by atoms with Gasteiger partial charge in [0.05, 0.1) is 25.0 Å². The first-order valence-electron chi connectivity index (χ1n) is 11.6. The molecule has 2 aromatic carbocycles. The van der Waals surface area contributed by atoms with Gasteiger partial charge in [0.15, 0.2) is 5.69 Å². The van der Waals surface area contributed by atoms with Gasteiger partial charge in [0.1, 0.15) is 11.6 Å². The summed E-state index contributed by atoms with van der Waals surface area (Å²) in [4.78, 5) is 52.5. The molecule has 1 unspecified atom stereocenters. The van der Waals surface area contributed by atoms with Crippen molar-refractivity contribution < 1.29 is 24.3 Å². The Balaban J connectivity index is 1.16. The van der Waals surface area contributed by atoms with Crippen LogP contribution in [-0.4, -0.2) is 72.7 Å². The Bertz CT molecular complexity index is 1410. The summed E-state index contributed by atoms with van der Waals surface area (Å²) in [6.45, 7) is 0.570. The number of carbonyl (C=O) groups excluding carboxylic acids is 4. The smallest absolute Gasteiger partial charge is 0.276 e. The van der Waals surface area contributed by atoms with Crippen molar-refractivity contribution >= 4 is 23.6 Å². The second-order valence-electron chi connectivity index (χ2n) is 9.35. The van der Waals surface area contributed by atoms with Crippen LogP contribution in [0.3, 0.4) is 0 Å². The number of likely N-dealkylation sites (tertiary alicyclic amines) is 1. The maximum Gasteiger partial charge on any atom is 0.276 e. The highest BCUT2D eigenvalue weighted by molar-refractivity contribution is 6.05. The van der Waals surface area contributed by atoms with E-state index in [1.165, 1.54) is 20.7 Å². The predicted molar refractivity (Wildman–Crippen MR) is 124 cm³/mol. The number of hydrogen-bond donors (Lipinski definition) is 2. The number of aliphatic hydroxyl groups is 1. The van der Waals surface area contributed by atoms with Crippen molar-refractivity contribution in [3.63, 3.8) is 0 Å². The van der Waals surface area contributed by atoms with Gasteiger partial charge in [0.2, 0.25) is 11.8 Å². The minimum atomic E-state index is -1.08. The number of aromatic nitrogens is 3. The highest BCUT2D eigenvalue weighted by Crippen LogP contribution is 2.33. The first kappa shape index (κ1) is 22.1. The highest BCUT2D eigenvalue weighted by atomic mass is 16.3. The monoisotopic (exact) mass is 486 g/mol. The molecule has 2 fully saturated rings. The van der Waals surface area contributed by atoms with E-state index in [-0.39, 0.29) is 49.5 Å². The van der Waals surface area contributed by atoms with Gasteiger partial charge in [-0.05, 0) is 35.7 Å². The molecule has 182 valence electrons. The zero-order chi connectivity index (χ0) is 25.0. The number of nitrogens with zero attached hydrogens (tertiary/aromatic N) is 5. The van der Waals surface area contributed by atoms with Gasteiger partial charge in [-0.25, -0.2) is 4.68 Å². The first-order chi connectivity index (χ1) is 17.3. The zero-order valence-electron chi connectivity index (χ0n) is 19.1. The molecule has 3 aliphatic heterocycles. The number of piperidine rings is 1. The van der Waals surface area contributed by atoms with E-state index in [0.717, 1.165) is 11.1 Å². The summed E-state index contributed by atoms with van der Waals surface area (Å²) in [7, 11) is 0. The molecule has 3 aliphatic rings. The molecule has 0 bridgehead atoms. The van der Waals surface area contributed by atoms with Crippen LogP contribution in [0.2, 0.25) is 0 Å². The second kappa shape index (κ2) is 8.09. The molecule has 4 heterocycles. The summed E-state index contributed by atoms with van der Waals surface area (Å²) in [5.74, 6) is -1.38. The van der Waals surface area contributed by atoms with E-state index in [1.807, 2.05) is 30.3 Å². The van der Waals surface area contributed by atoms with Crippen molar-refractivity contribution in [2.45, 2.75) is 31.0 Å². The molecule has 4 amide bonds. The molecule has 1 atom stereocenters. The van der Waals surface area contributed by atoms with Crippen molar-refractivity contribution in [3.8, 4) is 5.69 Å². The van der Waals surface area contributed by atoms with Crippen LogP contribution in [-0.2, 0) is 21.7 Å². The lowest BCUT2D eigenvalue weighted by molar-refractivity contribution is -0.136. The van der Waals surface area contributed by atoms with E-state index in [4.69, 9.17) is 0 Å². The van der Waals surface area contributed by atoms with E-state index in [9.17, 15) is 24.3 Å². The second-order valence-corrected chi connectivity index (χ2v) is 9.35. The topological polar surface area (TPSA) is 138 Å². The maximum atomic E-state index is 12.9. The summed E-state index contributed by atoms with van der Waals surface area (Å²) < 4.78 is 1.45. The number of amides is 4. The van der Waals surface area contributed by atoms with Gasteiger partial charge in [0.25, 0.3) is 11.8 Å². The van der Waals surface area contributed by atoms with Gasteiger partial charge in [-0.3, -0.25) is 24.5 Å². The fourth-order valence-corrected chi connectivity index (χ4v) is 5.01. The molecule has 6 rings (SSSR count). The number of nitrogens with one attached hydrogen (secondary N) is 1. The van der Waals surface area contributed by atoms with Crippen LogP contribution in [0.15, 0.2) is 54.7 Å². The molecule has 11 heteroatoms. The fourth-order valence-electron chi connectivity index (χ4n) is 5.01. The standard InChI is InChI=1S/C25H22N6O5/c32-21-9-8-20(22(33)26-21)30-11-15-10-17(6-7-18(15)23(30)34)31-12-19(27-28-31)24(35)29-13-25(36,14-29)16-4-2-1-3-5-16/h1-7,10,12,20,36H,8-9,11,13-14H2,(H,26,32,33). The quantitative estimate of drug-likeness (QED) is 0.508. The lowest BCUT2D eigenvalue weighted by Crippen LogP contribution is -2.61. The molecule has 0 spiro atoms. The number of β-amino-alcohol motifs (C(OH)–C–C–N with tert-alkyl or cyclic N) is 1. The number of carbonyl (C=O) groups is 4. The average Bonchev–Trinajstić information content (AvgIpc) is 3.47. The minimum absolute atomic E-state index is 0.145. The Morgan fingerprint density at radius 1 is 1.08 bits per heavy atom. The molecule has 3 aromatic rings. The van der Waals surface area contributed by atoms with Crippen molar-refractivity contribution in [2.24, 2.45) is 0 Å². The molecule has 36 heavy (non-hydrogen) atoms. The average molecular weight is 486 g/mol. The van der Waals surface area contributed by atoms with Crippen LogP contribution < -0.4 is 5.32 Å².